The third-order valence-electron chi connectivity index (χ3n) is 7.77. The molecule has 3 amide bonds. The number of carbonyl (C=O) groups excluding carboxylic acids is 2. The maximum absolute atomic E-state index is 13.0. The van der Waals surface area contributed by atoms with Crippen molar-refractivity contribution in [3.63, 3.8) is 0 Å². The van der Waals surface area contributed by atoms with Gasteiger partial charge in [-0.2, -0.15) is 0 Å². The minimum Gasteiger partial charge on any atom is -0.465 e. The Labute approximate surface area is 197 Å². The van der Waals surface area contributed by atoms with Gasteiger partial charge in [0.25, 0.3) is 0 Å². The summed E-state index contributed by atoms with van der Waals surface area (Å²) in [5.74, 6) is 0.0886. The Morgan fingerprint density at radius 3 is 2.50 bits per heavy atom. The third-order valence-corrected chi connectivity index (χ3v) is 7.77. The zero-order valence-corrected chi connectivity index (χ0v) is 19.4. The molecule has 1 unspecified atom stereocenters. The normalized spacial score (nSPS) is 24.7. The predicted molar refractivity (Wildman–Crippen MR) is 125 cm³/mol. The van der Waals surface area contributed by atoms with Gasteiger partial charge in [-0.15, -0.1) is 0 Å². The molecule has 0 saturated carbocycles. The van der Waals surface area contributed by atoms with E-state index in [0.717, 1.165) is 44.4 Å². The summed E-state index contributed by atoms with van der Waals surface area (Å²) in [6, 6.07) is 5.39. The van der Waals surface area contributed by atoms with Crippen LogP contribution < -0.4 is 11.0 Å². The number of aromatic nitrogens is 2. The summed E-state index contributed by atoms with van der Waals surface area (Å²) in [5, 5.41) is 11.5. The highest BCUT2D eigenvalue weighted by atomic mass is 16.4. The number of hydrogen-bond donors (Lipinski definition) is 2. The highest BCUT2D eigenvalue weighted by Crippen LogP contribution is 2.32. The number of amides is 3. The molecule has 2 atom stereocenters. The Morgan fingerprint density at radius 1 is 1.06 bits per heavy atom. The zero-order chi connectivity index (χ0) is 24.0. The van der Waals surface area contributed by atoms with Gasteiger partial charge in [0.2, 0.25) is 11.8 Å². The number of fused-ring (bicyclic) bond motifs is 1. The summed E-state index contributed by atoms with van der Waals surface area (Å²) >= 11 is 0. The standard InChI is InChI=1S/C24H31N5O5/c1-26-20-12-17(2-3-18(20)29(23(26)32)19-4-5-21(30)25-22(19)31)16-7-9-27(10-8-16)13-15-6-11-28(14-15)24(33)34/h2-3,12,15-16,19H,4-11,13-14H2,1H3,(H,33,34)(H,25,30,31)/t15-,19?/m0/s1. The SMILES string of the molecule is Cn1c(=O)n(C2CCC(=O)NC2=O)c2ccc(C3CCN(C[C@@H]4CCN(C(=O)O)C4)CC3)cc21. The maximum Gasteiger partial charge on any atom is 0.407 e. The number of nitrogens with zero attached hydrogens (tertiary/aromatic N) is 4. The summed E-state index contributed by atoms with van der Waals surface area (Å²) in [7, 11) is 1.72. The Hall–Kier alpha value is -3.14. The molecule has 0 spiro atoms. The van der Waals surface area contributed by atoms with Gasteiger partial charge in [0.1, 0.15) is 6.04 Å². The van der Waals surface area contributed by atoms with Crippen molar-refractivity contribution < 1.29 is 19.5 Å². The van der Waals surface area contributed by atoms with Crippen molar-refractivity contribution in [2.24, 2.45) is 13.0 Å². The lowest BCUT2D eigenvalue weighted by molar-refractivity contribution is -0.135. The van der Waals surface area contributed by atoms with E-state index in [1.165, 1.54) is 15.0 Å². The number of aryl methyl sites for hydroxylation is 1. The number of benzene rings is 1. The highest BCUT2D eigenvalue weighted by molar-refractivity contribution is 6.00. The van der Waals surface area contributed by atoms with Crippen LogP contribution in [0.1, 0.15) is 49.6 Å². The molecule has 1 aromatic carbocycles. The lowest BCUT2D eigenvalue weighted by Gasteiger charge is -2.33. The van der Waals surface area contributed by atoms with E-state index in [4.69, 9.17) is 5.11 Å². The van der Waals surface area contributed by atoms with E-state index in [9.17, 15) is 19.2 Å². The number of carboxylic acid groups (broad SMARTS) is 1. The van der Waals surface area contributed by atoms with Gasteiger partial charge in [-0.3, -0.25) is 24.0 Å². The molecule has 0 radical (unpaired) electrons. The summed E-state index contributed by atoms with van der Waals surface area (Å²) in [6.45, 7) is 4.15. The van der Waals surface area contributed by atoms with E-state index in [2.05, 4.69) is 22.3 Å². The Bertz CT molecular complexity index is 1190. The predicted octanol–water partition coefficient (Wildman–Crippen LogP) is 1.50. The number of imidazole rings is 1. The van der Waals surface area contributed by atoms with E-state index in [1.807, 2.05) is 6.07 Å². The molecule has 10 nitrogen and oxygen atoms in total. The van der Waals surface area contributed by atoms with Crippen LogP contribution in [0, 0.1) is 5.92 Å². The van der Waals surface area contributed by atoms with Crippen LogP contribution in [0.3, 0.4) is 0 Å². The van der Waals surface area contributed by atoms with Crippen LogP contribution in [0.25, 0.3) is 11.0 Å². The second kappa shape index (κ2) is 8.90. The van der Waals surface area contributed by atoms with E-state index in [1.54, 1.807) is 11.6 Å². The summed E-state index contributed by atoms with van der Waals surface area (Å²) in [5.41, 5.74) is 2.46. The number of piperidine rings is 2. The fourth-order valence-electron chi connectivity index (χ4n) is 5.83. The van der Waals surface area contributed by atoms with Crippen molar-refractivity contribution in [2.75, 3.05) is 32.7 Å². The molecule has 3 saturated heterocycles. The molecule has 1 aromatic heterocycles. The third kappa shape index (κ3) is 4.11. The average Bonchev–Trinajstić information content (AvgIpc) is 3.38. The van der Waals surface area contributed by atoms with E-state index >= 15 is 0 Å². The molecule has 34 heavy (non-hydrogen) atoms. The Balaban J connectivity index is 1.28. The lowest BCUT2D eigenvalue weighted by atomic mass is 9.88. The molecule has 4 heterocycles. The van der Waals surface area contributed by atoms with Gasteiger partial charge in [0, 0.05) is 33.1 Å². The van der Waals surface area contributed by atoms with Gasteiger partial charge in [0.05, 0.1) is 11.0 Å². The second-order valence-corrected chi connectivity index (χ2v) is 9.88. The summed E-state index contributed by atoms with van der Waals surface area (Å²) < 4.78 is 3.11. The first-order chi connectivity index (χ1) is 16.3. The van der Waals surface area contributed by atoms with Crippen LogP contribution in [0.2, 0.25) is 0 Å². The largest absolute Gasteiger partial charge is 0.465 e. The van der Waals surface area contributed by atoms with E-state index in [0.29, 0.717) is 36.9 Å². The fraction of sp³-hybridized carbons (Fsp3) is 0.583. The number of rotatable bonds is 4. The summed E-state index contributed by atoms with van der Waals surface area (Å²) in [6.07, 6.45) is 2.70. The first-order valence-corrected chi connectivity index (χ1v) is 12.1. The van der Waals surface area contributed by atoms with Crippen molar-refractivity contribution >= 4 is 28.9 Å². The zero-order valence-electron chi connectivity index (χ0n) is 19.4. The van der Waals surface area contributed by atoms with Gasteiger partial charge in [-0.1, -0.05) is 6.07 Å². The van der Waals surface area contributed by atoms with Crippen molar-refractivity contribution in [2.45, 2.75) is 44.1 Å². The quantitative estimate of drug-likeness (QED) is 0.656. The average molecular weight is 470 g/mol. The number of likely N-dealkylation sites (tertiary alicyclic amines) is 2. The van der Waals surface area contributed by atoms with Gasteiger partial charge in [-0.05, 0) is 68.3 Å². The van der Waals surface area contributed by atoms with Gasteiger partial charge in [-0.25, -0.2) is 9.59 Å². The van der Waals surface area contributed by atoms with Crippen LogP contribution in [0.4, 0.5) is 4.79 Å². The van der Waals surface area contributed by atoms with Crippen LogP contribution in [-0.4, -0.2) is 74.7 Å². The number of carbonyl (C=O) groups is 3. The van der Waals surface area contributed by atoms with Gasteiger partial charge < -0.3 is 14.9 Å². The van der Waals surface area contributed by atoms with E-state index < -0.39 is 18.0 Å². The van der Waals surface area contributed by atoms with Crippen LogP contribution in [-0.2, 0) is 16.6 Å². The van der Waals surface area contributed by atoms with Crippen molar-refractivity contribution in [1.29, 1.82) is 0 Å². The van der Waals surface area contributed by atoms with Gasteiger partial charge in [0.15, 0.2) is 0 Å². The molecular weight excluding hydrogens is 438 g/mol. The van der Waals surface area contributed by atoms with Crippen molar-refractivity contribution in [1.82, 2.24) is 24.3 Å². The van der Waals surface area contributed by atoms with Crippen molar-refractivity contribution in [3.8, 4) is 0 Å². The molecule has 3 aliphatic rings. The molecule has 2 N–H and O–H groups in total. The van der Waals surface area contributed by atoms with Crippen LogP contribution >= 0.6 is 0 Å². The van der Waals surface area contributed by atoms with Gasteiger partial charge >= 0.3 is 11.8 Å². The van der Waals surface area contributed by atoms with Crippen LogP contribution in [0.15, 0.2) is 23.0 Å². The summed E-state index contributed by atoms with van der Waals surface area (Å²) in [4.78, 5) is 52.0. The molecule has 0 aliphatic carbocycles. The fourth-order valence-corrected chi connectivity index (χ4v) is 5.83. The second-order valence-electron chi connectivity index (χ2n) is 9.88. The molecule has 10 heteroatoms. The molecule has 0 bridgehead atoms. The Morgan fingerprint density at radius 2 is 1.82 bits per heavy atom. The molecular formula is C24H31N5O5. The topological polar surface area (TPSA) is 117 Å². The number of nitrogens with one attached hydrogen (secondary N) is 1. The first-order valence-electron chi connectivity index (χ1n) is 12.1. The highest BCUT2D eigenvalue weighted by Gasteiger charge is 2.32. The number of hydrogen-bond acceptors (Lipinski definition) is 5. The molecule has 5 rings (SSSR count). The molecule has 3 aliphatic heterocycles. The smallest absolute Gasteiger partial charge is 0.407 e. The molecule has 2 aromatic rings. The minimum absolute atomic E-state index is 0.227. The van der Waals surface area contributed by atoms with Crippen molar-refractivity contribution in [3.05, 3.63) is 34.2 Å². The monoisotopic (exact) mass is 469 g/mol. The maximum atomic E-state index is 13.0. The van der Waals surface area contributed by atoms with Crippen LogP contribution in [0.5, 0.6) is 0 Å². The van der Waals surface area contributed by atoms with E-state index in [-0.39, 0.29) is 18.0 Å². The first kappa shape index (κ1) is 22.6. The lowest BCUT2D eigenvalue weighted by Crippen LogP contribution is -2.44. The molecule has 3 fully saturated rings. The number of imide groups is 1. The molecule has 182 valence electrons. The Kier molecular flexibility index (Phi) is 5.93. The minimum atomic E-state index is -0.822.